The van der Waals surface area contributed by atoms with Crippen LogP contribution >= 0.6 is 11.3 Å². The van der Waals surface area contributed by atoms with Gasteiger partial charge in [-0.15, -0.1) is 11.3 Å². The number of nitrogens with zero attached hydrogens (tertiary/aromatic N) is 1. The molecule has 1 heterocycles. The first-order chi connectivity index (χ1) is 10.7. The zero-order chi connectivity index (χ0) is 15.5. The molecule has 4 nitrogen and oxygen atoms in total. The fourth-order valence-corrected chi connectivity index (χ4v) is 2.90. The average Bonchev–Trinajstić information content (AvgIpc) is 3.26. The molecule has 3 rings (SSSR count). The number of rotatable bonds is 5. The Bertz CT molecular complexity index is 705. The Balaban J connectivity index is 1.84. The third-order valence-electron chi connectivity index (χ3n) is 3.44. The molecule has 1 N–H and O–H groups in total. The van der Waals surface area contributed by atoms with E-state index in [0.717, 1.165) is 24.1 Å². The van der Waals surface area contributed by atoms with Crippen molar-refractivity contribution in [1.29, 1.82) is 0 Å². The number of halogens is 1. The number of esters is 1. The molecule has 0 saturated heterocycles. The first-order valence-electron chi connectivity index (χ1n) is 6.94. The van der Waals surface area contributed by atoms with Gasteiger partial charge in [0.25, 0.3) is 0 Å². The molecule has 6 heteroatoms. The number of anilines is 1. The van der Waals surface area contributed by atoms with E-state index < -0.39 is 0 Å². The molecule has 1 saturated carbocycles. The number of thiophene rings is 1. The quantitative estimate of drug-likeness (QED) is 0.517. The van der Waals surface area contributed by atoms with E-state index in [2.05, 4.69) is 10.5 Å². The van der Waals surface area contributed by atoms with Crippen LogP contribution in [0.3, 0.4) is 0 Å². The van der Waals surface area contributed by atoms with Crippen molar-refractivity contribution >= 4 is 28.7 Å². The van der Waals surface area contributed by atoms with Crippen molar-refractivity contribution < 1.29 is 13.9 Å². The lowest BCUT2D eigenvalue weighted by Crippen LogP contribution is -2.08. The molecule has 0 atom stereocenters. The van der Waals surface area contributed by atoms with E-state index in [1.165, 1.54) is 30.6 Å². The number of hydrogen-bond donors (Lipinski definition) is 1. The van der Waals surface area contributed by atoms with Gasteiger partial charge in [-0.2, -0.15) is 5.10 Å². The Kier molecular flexibility index (Phi) is 4.20. The zero-order valence-corrected chi connectivity index (χ0v) is 12.8. The predicted molar refractivity (Wildman–Crippen MR) is 84.9 cm³/mol. The summed E-state index contributed by atoms with van der Waals surface area (Å²) in [4.78, 5) is 12.1. The average molecular weight is 318 g/mol. The molecular formula is C16H15FN2O2S. The summed E-state index contributed by atoms with van der Waals surface area (Å²) < 4.78 is 17.8. The summed E-state index contributed by atoms with van der Waals surface area (Å²) in [5.41, 5.74) is 5.35. The number of carbonyl (C=O) groups is 1. The molecule has 22 heavy (non-hydrogen) atoms. The molecule has 1 aromatic heterocycles. The fraction of sp³-hybridized carbons (Fsp3) is 0.250. The molecule has 1 aliphatic carbocycles. The van der Waals surface area contributed by atoms with Gasteiger partial charge in [0, 0.05) is 5.92 Å². The molecule has 1 aliphatic rings. The van der Waals surface area contributed by atoms with E-state index in [9.17, 15) is 9.18 Å². The lowest BCUT2D eigenvalue weighted by atomic mass is 10.1. The number of benzene rings is 1. The molecule has 0 spiro atoms. The molecule has 0 aliphatic heterocycles. The Morgan fingerprint density at radius 2 is 2.05 bits per heavy atom. The van der Waals surface area contributed by atoms with Crippen LogP contribution in [0.5, 0.6) is 0 Å². The molecular weight excluding hydrogens is 303 g/mol. The maximum absolute atomic E-state index is 13.1. The lowest BCUT2D eigenvalue weighted by Gasteiger charge is -2.07. The molecule has 0 unspecified atom stereocenters. The van der Waals surface area contributed by atoms with Crippen molar-refractivity contribution in [2.45, 2.75) is 12.8 Å². The van der Waals surface area contributed by atoms with Crippen LogP contribution in [0.1, 0.15) is 28.1 Å². The van der Waals surface area contributed by atoms with E-state index in [0.29, 0.717) is 16.5 Å². The van der Waals surface area contributed by atoms with Crippen LogP contribution in [0.2, 0.25) is 0 Å². The van der Waals surface area contributed by atoms with Crippen molar-refractivity contribution in [3.8, 4) is 0 Å². The maximum atomic E-state index is 13.1. The van der Waals surface area contributed by atoms with Gasteiger partial charge in [-0.05, 0) is 42.0 Å². The largest absolute Gasteiger partial charge is 0.465 e. The predicted octanol–water partition coefficient (Wildman–Crippen LogP) is 3.90. The van der Waals surface area contributed by atoms with Gasteiger partial charge in [0.05, 0.1) is 18.5 Å². The van der Waals surface area contributed by atoms with Crippen molar-refractivity contribution in [3.05, 3.63) is 52.0 Å². The standard InChI is InChI=1S/C16H15FN2O2S/c1-21-16(20)15-13(8-9-22-15)18-19-14(10-2-3-10)11-4-6-12(17)7-5-11/h4-10,18H,2-3H2,1H3/b19-14-. The smallest absolute Gasteiger partial charge is 0.350 e. The first kappa shape index (κ1) is 14.7. The first-order valence-corrected chi connectivity index (χ1v) is 7.82. The highest BCUT2D eigenvalue weighted by molar-refractivity contribution is 7.12. The van der Waals surface area contributed by atoms with Crippen LogP contribution < -0.4 is 5.43 Å². The van der Waals surface area contributed by atoms with Gasteiger partial charge in [0.1, 0.15) is 10.7 Å². The van der Waals surface area contributed by atoms with Crippen LogP contribution in [0.15, 0.2) is 40.8 Å². The minimum absolute atomic E-state index is 0.266. The molecule has 2 aromatic rings. The van der Waals surface area contributed by atoms with Crippen LogP contribution in [-0.2, 0) is 4.74 Å². The van der Waals surface area contributed by atoms with Crippen molar-refractivity contribution in [3.63, 3.8) is 0 Å². The summed E-state index contributed by atoms with van der Waals surface area (Å²) in [6, 6.07) is 8.09. The zero-order valence-electron chi connectivity index (χ0n) is 12.0. The number of hydrazone groups is 1. The number of ether oxygens (including phenoxy) is 1. The number of carbonyl (C=O) groups excluding carboxylic acids is 1. The molecule has 0 radical (unpaired) electrons. The van der Waals surface area contributed by atoms with Gasteiger partial charge in [0.2, 0.25) is 0 Å². The second-order valence-electron chi connectivity index (χ2n) is 5.04. The van der Waals surface area contributed by atoms with Gasteiger partial charge in [-0.1, -0.05) is 12.1 Å². The highest BCUT2D eigenvalue weighted by Gasteiger charge is 2.29. The summed E-state index contributed by atoms with van der Waals surface area (Å²) >= 11 is 1.30. The van der Waals surface area contributed by atoms with Gasteiger partial charge in [-0.25, -0.2) is 9.18 Å². The van der Waals surface area contributed by atoms with E-state index in [4.69, 9.17) is 4.74 Å². The summed E-state index contributed by atoms with van der Waals surface area (Å²) in [6.45, 7) is 0. The van der Waals surface area contributed by atoms with Gasteiger partial charge in [0.15, 0.2) is 0 Å². The van der Waals surface area contributed by atoms with E-state index in [1.807, 2.05) is 0 Å². The third kappa shape index (κ3) is 3.17. The summed E-state index contributed by atoms with van der Waals surface area (Å²) in [5, 5.41) is 6.25. The molecule has 114 valence electrons. The van der Waals surface area contributed by atoms with Gasteiger partial charge >= 0.3 is 5.97 Å². The van der Waals surface area contributed by atoms with Gasteiger partial charge < -0.3 is 4.74 Å². The number of nitrogens with one attached hydrogen (secondary N) is 1. The normalized spacial score (nSPS) is 14.7. The third-order valence-corrected chi connectivity index (χ3v) is 4.33. The summed E-state index contributed by atoms with van der Waals surface area (Å²) in [6.07, 6.45) is 2.15. The Labute approximate surface area is 131 Å². The molecule has 0 bridgehead atoms. The van der Waals surface area contributed by atoms with E-state index >= 15 is 0 Å². The van der Waals surface area contributed by atoms with Crippen LogP contribution in [0.4, 0.5) is 10.1 Å². The number of hydrogen-bond acceptors (Lipinski definition) is 5. The highest BCUT2D eigenvalue weighted by Crippen LogP contribution is 2.34. The van der Waals surface area contributed by atoms with Gasteiger partial charge in [-0.3, -0.25) is 5.43 Å². The summed E-state index contributed by atoms with van der Waals surface area (Å²) in [7, 11) is 1.35. The van der Waals surface area contributed by atoms with Crippen molar-refractivity contribution in [2.24, 2.45) is 11.0 Å². The van der Waals surface area contributed by atoms with Crippen molar-refractivity contribution in [1.82, 2.24) is 0 Å². The van der Waals surface area contributed by atoms with E-state index in [-0.39, 0.29) is 11.8 Å². The Hall–Kier alpha value is -2.21. The number of methoxy groups -OCH3 is 1. The second-order valence-corrected chi connectivity index (χ2v) is 5.96. The Morgan fingerprint density at radius 3 is 2.68 bits per heavy atom. The van der Waals surface area contributed by atoms with Crippen LogP contribution in [0, 0.1) is 11.7 Å². The monoisotopic (exact) mass is 318 g/mol. The minimum Gasteiger partial charge on any atom is -0.465 e. The molecule has 1 fully saturated rings. The van der Waals surface area contributed by atoms with Crippen LogP contribution in [0.25, 0.3) is 0 Å². The fourth-order valence-electron chi connectivity index (χ4n) is 2.14. The minimum atomic E-state index is -0.387. The molecule has 0 amide bonds. The topological polar surface area (TPSA) is 50.7 Å². The maximum Gasteiger partial charge on any atom is 0.350 e. The SMILES string of the molecule is COC(=O)c1sccc1N/N=C(\c1ccc(F)cc1)C1CC1. The molecule has 1 aromatic carbocycles. The lowest BCUT2D eigenvalue weighted by molar-refractivity contribution is 0.0607. The highest BCUT2D eigenvalue weighted by atomic mass is 32.1. The van der Waals surface area contributed by atoms with E-state index in [1.54, 1.807) is 23.6 Å². The van der Waals surface area contributed by atoms with Crippen molar-refractivity contribution in [2.75, 3.05) is 12.5 Å². The van der Waals surface area contributed by atoms with Crippen LogP contribution in [-0.4, -0.2) is 18.8 Å². The Morgan fingerprint density at radius 1 is 1.32 bits per heavy atom. The second kappa shape index (κ2) is 6.27. The summed E-state index contributed by atoms with van der Waals surface area (Å²) in [5.74, 6) is -0.265.